The molecule has 2 N–H and O–H groups in total. The summed E-state index contributed by atoms with van der Waals surface area (Å²) in [5.41, 5.74) is 3.48. The van der Waals surface area contributed by atoms with Gasteiger partial charge in [-0.25, -0.2) is 9.07 Å². The number of aromatic nitrogens is 4. The lowest BCUT2D eigenvalue weighted by atomic mass is 9.99. The van der Waals surface area contributed by atoms with Crippen LogP contribution in [0.2, 0.25) is 0 Å². The van der Waals surface area contributed by atoms with Gasteiger partial charge in [-0.15, -0.1) is 12.4 Å². The molecular formula is C17H16ClF4N5O. The van der Waals surface area contributed by atoms with Gasteiger partial charge in [-0.2, -0.15) is 23.3 Å². The number of alkyl halides is 3. The summed E-state index contributed by atoms with van der Waals surface area (Å²) < 4.78 is 60.8. The van der Waals surface area contributed by atoms with E-state index < -0.39 is 28.8 Å². The van der Waals surface area contributed by atoms with Gasteiger partial charge in [0.2, 0.25) is 0 Å². The summed E-state index contributed by atoms with van der Waals surface area (Å²) >= 11 is 0. The van der Waals surface area contributed by atoms with Crippen molar-refractivity contribution < 1.29 is 22.1 Å². The summed E-state index contributed by atoms with van der Waals surface area (Å²) in [6.45, 7) is 0. The number of nitrogens with two attached hydrogens (primary N) is 1. The van der Waals surface area contributed by atoms with Gasteiger partial charge in [-0.1, -0.05) is 30.1 Å². The summed E-state index contributed by atoms with van der Waals surface area (Å²) in [6.07, 6.45) is -0.848. The summed E-state index contributed by atoms with van der Waals surface area (Å²) in [5.74, 6) is -1.02. The van der Waals surface area contributed by atoms with Crippen molar-refractivity contribution in [1.82, 2.24) is 19.9 Å². The lowest BCUT2D eigenvalue weighted by molar-refractivity contribution is -0.142. The number of benzene rings is 1. The lowest BCUT2D eigenvalue weighted by Crippen LogP contribution is -2.34. The van der Waals surface area contributed by atoms with E-state index in [-0.39, 0.29) is 29.8 Å². The van der Waals surface area contributed by atoms with Crippen LogP contribution in [0.1, 0.15) is 37.2 Å². The third-order valence-electron chi connectivity index (χ3n) is 4.72. The van der Waals surface area contributed by atoms with Crippen molar-refractivity contribution in [3.05, 3.63) is 47.8 Å². The summed E-state index contributed by atoms with van der Waals surface area (Å²) in [7, 11) is 0. The number of hydrogen-bond acceptors (Lipinski definition) is 5. The molecule has 0 atom stereocenters. The molecule has 0 aliphatic heterocycles. The van der Waals surface area contributed by atoms with Gasteiger partial charge in [0.15, 0.2) is 11.5 Å². The third kappa shape index (κ3) is 3.37. The van der Waals surface area contributed by atoms with E-state index in [9.17, 15) is 17.6 Å². The quantitative estimate of drug-likeness (QED) is 0.645. The molecule has 6 nitrogen and oxygen atoms in total. The maximum atomic E-state index is 14.0. The molecule has 1 saturated carbocycles. The van der Waals surface area contributed by atoms with Crippen LogP contribution >= 0.6 is 12.4 Å². The van der Waals surface area contributed by atoms with Gasteiger partial charge in [-0.05, 0) is 25.0 Å². The first-order chi connectivity index (χ1) is 12.8. The van der Waals surface area contributed by atoms with Gasteiger partial charge in [0.25, 0.3) is 5.89 Å². The largest absolute Gasteiger partial charge is 0.434 e. The van der Waals surface area contributed by atoms with Crippen molar-refractivity contribution in [1.29, 1.82) is 0 Å². The van der Waals surface area contributed by atoms with Crippen molar-refractivity contribution in [2.24, 2.45) is 5.73 Å². The molecule has 2 heterocycles. The fourth-order valence-corrected chi connectivity index (χ4v) is 3.35. The van der Waals surface area contributed by atoms with Gasteiger partial charge in [0.05, 0.1) is 17.3 Å². The molecule has 150 valence electrons. The molecular weight excluding hydrogens is 402 g/mol. The average Bonchev–Trinajstić information content (AvgIpc) is 3.33. The maximum Gasteiger partial charge on any atom is 0.434 e. The zero-order valence-electron chi connectivity index (χ0n) is 14.4. The smallest absolute Gasteiger partial charge is 0.334 e. The van der Waals surface area contributed by atoms with Crippen LogP contribution < -0.4 is 5.73 Å². The molecule has 28 heavy (non-hydrogen) atoms. The molecule has 0 unspecified atom stereocenters. The minimum absolute atomic E-state index is 0. The van der Waals surface area contributed by atoms with Crippen LogP contribution in [0.25, 0.3) is 17.1 Å². The van der Waals surface area contributed by atoms with Crippen LogP contribution in [0, 0.1) is 5.82 Å². The van der Waals surface area contributed by atoms with Crippen LogP contribution in [-0.2, 0) is 11.7 Å². The van der Waals surface area contributed by atoms with E-state index in [2.05, 4.69) is 15.2 Å². The van der Waals surface area contributed by atoms with E-state index in [1.165, 1.54) is 18.2 Å². The van der Waals surface area contributed by atoms with Gasteiger partial charge >= 0.3 is 6.18 Å². The Morgan fingerprint density at radius 2 is 1.82 bits per heavy atom. The number of para-hydroxylation sites is 1. The Morgan fingerprint density at radius 3 is 2.46 bits per heavy atom. The summed E-state index contributed by atoms with van der Waals surface area (Å²) in [4.78, 5) is 4.09. The first-order valence-corrected chi connectivity index (χ1v) is 8.33. The average molecular weight is 418 g/mol. The number of halogens is 5. The second-order valence-corrected chi connectivity index (χ2v) is 6.55. The zero-order chi connectivity index (χ0) is 19.2. The standard InChI is InChI=1S/C17H15F4N5O.ClH/c18-11-5-1-2-6-12(11)26-13(17(19,20)21)10(9-23-26)14-24-15(25-27-14)16(22)7-3-4-8-16;/h1-2,5-6,9H,3-4,7-8,22H2;1H. The Kier molecular flexibility index (Phi) is 5.20. The Bertz CT molecular complexity index is 978. The van der Waals surface area contributed by atoms with Crippen LogP contribution in [0.3, 0.4) is 0 Å². The molecule has 1 fully saturated rings. The fourth-order valence-electron chi connectivity index (χ4n) is 3.35. The first-order valence-electron chi connectivity index (χ1n) is 8.33. The van der Waals surface area contributed by atoms with Crippen molar-refractivity contribution in [2.45, 2.75) is 37.4 Å². The van der Waals surface area contributed by atoms with E-state index in [0.717, 1.165) is 25.1 Å². The normalized spacial score (nSPS) is 16.2. The van der Waals surface area contributed by atoms with Gasteiger partial charge in [0.1, 0.15) is 11.5 Å². The molecule has 0 bridgehead atoms. The van der Waals surface area contributed by atoms with E-state index >= 15 is 0 Å². The molecule has 0 spiro atoms. The molecule has 1 aliphatic rings. The predicted molar refractivity (Wildman–Crippen MR) is 93.4 cm³/mol. The Labute approximate surface area is 163 Å². The zero-order valence-corrected chi connectivity index (χ0v) is 15.2. The minimum atomic E-state index is -4.82. The van der Waals surface area contributed by atoms with Crippen molar-refractivity contribution in [2.75, 3.05) is 0 Å². The number of rotatable bonds is 3. The van der Waals surface area contributed by atoms with E-state index in [1.807, 2.05) is 0 Å². The maximum absolute atomic E-state index is 14.0. The van der Waals surface area contributed by atoms with Crippen molar-refractivity contribution >= 4 is 12.4 Å². The van der Waals surface area contributed by atoms with Gasteiger partial charge in [-0.3, -0.25) is 0 Å². The van der Waals surface area contributed by atoms with Crippen molar-refractivity contribution in [3.8, 4) is 17.1 Å². The highest BCUT2D eigenvalue weighted by atomic mass is 35.5. The molecule has 3 aromatic rings. The number of hydrogen-bond donors (Lipinski definition) is 1. The fraction of sp³-hybridized carbons (Fsp3) is 0.353. The van der Waals surface area contributed by atoms with Crippen LogP contribution in [0.15, 0.2) is 35.0 Å². The number of nitrogens with zero attached hydrogens (tertiary/aromatic N) is 4. The molecule has 1 aliphatic carbocycles. The second-order valence-electron chi connectivity index (χ2n) is 6.55. The summed E-state index contributed by atoms with van der Waals surface area (Å²) in [5, 5.41) is 7.49. The topological polar surface area (TPSA) is 82.8 Å². The first kappa shape index (κ1) is 20.3. The minimum Gasteiger partial charge on any atom is -0.334 e. The molecule has 0 saturated heterocycles. The van der Waals surface area contributed by atoms with Crippen LogP contribution in [-0.4, -0.2) is 19.9 Å². The van der Waals surface area contributed by atoms with E-state index in [1.54, 1.807) is 0 Å². The van der Waals surface area contributed by atoms with Gasteiger partial charge in [0, 0.05) is 0 Å². The highest BCUT2D eigenvalue weighted by Gasteiger charge is 2.42. The van der Waals surface area contributed by atoms with Crippen LogP contribution in [0.4, 0.5) is 17.6 Å². The third-order valence-corrected chi connectivity index (χ3v) is 4.72. The SMILES string of the molecule is Cl.NC1(c2noc(-c3cnn(-c4ccccc4F)c3C(F)(F)F)n2)CCCC1. The highest BCUT2D eigenvalue weighted by Crippen LogP contribution is 2.40. The molecule has 0 amide bonds. The monoisotopic (exact) mass is 417 g/mol. The van der Waals surface area contributed by atoms with Gasteiger partial charge < -0.3 is 10.3 Å². The highest BCUT2D eigenvalue weighted by molar-refractivity contribution is 5.85. The van der Waals surface area contributed by atoms with Crippen molar-refractivity contribution in [3.63, 3.8) is 0 Å². The molecule has 4 rings (SSSR count). The summed E-state index contributed by atoms with van der Waals surface area (Å²) in [6, 6.07) is 5.06. The molecule has 2 aromatic heterocycles. The second kappa shape index (κ2) is 7.17. The Balaban J connectivity index is 0.00000225. The van der Waals surface area contributed by atoms with Crippen LogP contribution in [0.5, 0.6) is 0 Å². The van der Waals surface area contributed by atoms with E-state index in [0.29, 0.717) is 17.5 Å². The molecule has 11 heteroatoms. The molecule has 1 aromatic carbocycles. The Morgan fingerprint density at radius 1 is 1.14 bits per heavy atom. The predicted octanol–water partition coefficient (Wildman–Crippen LogP) is 4.23. The molecule has 0 radical (unpaired) electrons. The van der Waals surface area contributed by atoms with E-state index in [4.69, 9.17) is 10.3 Å². The lowest BCUT2D eigenvalue weighted by Gasteiger charge is -2.17. The Hall–Kier alpha value is -2.46.